The third-order valence-electron chi connectivity index (χ3n) is 4.79. The number of benzene rings is 1. The molecule has 0 saturated carbocycles. The Balaban J connectivity index is 1.43. The van der Waals surface area contributed by atoms with Gasteiger partial charge in [0.25, 0.3) is 5.91 Å². The molecule has 9 heteroatoms. The van der Waals surface area contributed by atoms with Crippen molar-refractivity contribution in [2.75, 3.05) is 54.9 Å². The van der Waals surface area contributed by atoms with Crippen LogP contribution in [-0.2, 0) is 9.53 Å². The molecule has 1 fully saturated rings. The lowest BCUT2D eigenvalue weighted by Crippen LogP contribution is -2.36. The molecular weight excluding hydrogens is 396 g/mol. The first kappa shape index (κ1) is 22.5. The number of carbonyl (C=O) groups is 2. The van der Waals surface area contributed by atoms with Crippen LogP contribution in [0.2, 0.25) is 0 Å². The predicted octanol–water partition coefficient (Wildman–Crippen LogP) is 2.14. The Morgan fingerprint density at radius 3 is 2.45 bits per heavy atom. The second kappa shape index (κ2) is 10.2. The van der Waals surface area contributed by atoms with Crippen LogP contribution in [0, 0.1) is 5.41 Å². The van der Waals surface area contributed by atoms with Gasteiger partial charge in [0.05, 0.1) is 13.2 Å². The Labute approximate surface area is 182 Å². The molecule has 9 nitrogen and oxygen atoms in total. The van der Waals surface area contributed by atoms with Crippen molar-refractivity contribution >= 4 is 29.1 Å². The third kappa shape index (κ3) is 6.65. The zero-order valence-corrected chi connectivity index (χ0v) is 18.3. The van der Waals surface area contributed by atoms with E-state index < -0.39 is 5.41 Å². The summed E-state index contributed by atoms with van der Waals surface area (Å²) in [6.45, 7) is 9.54. The van der Waals surface area contributed by atoms with E-state index in [1.54, 1.807) is 24.3 Å². The highest BCUT2D eigenvalue weighted by atomic mass is 16.5. The number of nitrogens with zero attached hydrogens (tertiary/aromatic N) is 3. The largest absolute Gasteiger partial charge is 0.378 e. The number of hydrogen-bond acceptors (Lipinski definition) is 7. The molecule has 0 aliphatic carbocycles. The Morgan fingerprint density at radius 2 is 1.77 bits per heavy atom. The average molecular weight is 427 g/mol. The van der Waals surface area contributed by atoms with Gasteiger partial charge in [0.15, 0.2) is 0 Å². The first-order valence-corrected chi connectivity index (χ1v) is 10.4. The monoisotopic (exact) mass is 426 g/mol. The topological polar surface area (TPSA) is 108 Å². The van der Waals surface area contributed by atoms with E-state index in [0.717, 1.165) is 18.9 Å². The van der Waals surface area contributed by atoms with Gasteiger partial charge in [0.2, 0.25) is 5.91 Å². The van der Waals surface area contributed by atoms with Crippen LogP contribution in [0.25, 0.3) is 0 Å². The Bertz CT molecular complexity index is 889. The molecular formula is C22H30N6O3. The third-order valence-corrected chi connectivity index (χ3v) is 4.79. The van der Waals surface area contributed by atoms with Gasteiger partial charge in [-0.15, -0.1) is 0 Å². The maximum Gasteiger partial charge on any atom is 0.251 e. The SMILES string of the molecule is CC(C)(C)C(=O)Nc1ccc(C(=O)NCCNc2cc(N3CCOCC3)ncn2)cc1. The highest BCUT2D eigenvalue weighted by Gasteiger charge is 2.21. The molecule has 1 aromatic heterocycles. The second-order valence-electron chi connectivity index (χ2n) is 8.33. The number of rotatable bonds is 7. The quantitative estimate of drug-likeness (QED) is 0.582. The molecule has 1 aliphatic rings. The number of aromatic nitrogens is 2. The first-order valence-electron chi connectivity index (χ1n) is 10.4. The molecule has 1 saturated heterocycles. The highest BCUT2D eigenvalue weighted by molar-refractivity contribution is 5.97. The minimum absolute atomic E-state index is 0.0720. The molecule has 2 heterocycles. The van der Waals surface area contributed by atoms with Crippen molar-refractivity contribution in [1.82, 2.24) is 15.3 Å². The van der Waals surface area contributed by atoms with E-state index in [9.17, 15) is 9.59 Å². The number of hydrogen-bond donors (Lipinski definition) is 3. The smallest absolute Gasteiger partial charge is 0.251 e. The molecule has 0 atom stereocenters. The van der Waals surface area contributed by atoms with Crippen molar-refractivity contribution < 1.29 is 14.3 Å². The Hall–Kier alpha value is -3.20. The highest BCUT2D eigenvalue weighted by Crippen LogP contribution is 2.18. The number of nitrogens with one attached hydrogen (secondary N) is 3. The van der Waals surface area contributed by atoms with Gasteiger partial charge in [-0.25, -0.2) is 9.97 Å². The molecule has 0 spiro atoms. The average Bonchev–Trinajstić information content (AvgIpc) is 2.77. The summed E-state index contributed by atoms with van der Waals surface area (Å²) in [7, 11) is 0. The van der Waals surface area contributed by atoms with Crippen LogP contribution in [0.1, 0.15) is 31.1 Å². The van der Waals surface area contributed by atoms with E-state index in [4.69, 9.17) is 4.74 Å². The fourth-order valence-corrected chi connectivity index (χ4v) is 2.90. The van der Waals surface area contributed by atoms with Crippen molar-refractivity contribution in [3.05, 3.63) is 42.2 Å². The van der Waals surface area contributed by atoms with Crippen LogP contribution in [0.4, 0.5) is 17.3 Å². The minimum atomic E-state index is -0.477. The van der Waals surface area contributed by atoms with Crippen LogP contribution < -0.4 is 20.9 Å². The maximum atomic E-state index is 12.3. The number of morpholine rings is 1. The number of ether oxygens (including phenoxy) is 1. The summed E-state index contributed by atoms with van der Waals surface area (Å²) in [5, 5.41) is 8.92. The molecule has 2 aromatic rings. The van der Waals surface area contributed by atoms with E-state index in [1.165, 1.54) is 6.33 Å². The predicted molar refractivity (Wildman–Crippen MR) is 120 cm³/mol. The van der Waals surface area contributed by atoms with Crippen molar-refractivity contribution in [2.24, 2.45) is 5.41 Å². The molecule has 0 bridgehead atoms. The summed E-state index contributed by atoms with van der Waals surface area (Å²) in [4.78, 5) is 35.1. The van der Waals surface area contributed by atoms with Gasteiger partial charge >= 0.3 is 0 Å². The summed E-state index contributed by atoms with van der Waals surface area (Å²) < 4.78 is 5.37. The van der Waals surface area contributed by atoms with Gasteiger partial charge < -0.3 is 25.6 Å². The maximum absolute atomic E-state index is 12.3. The van der Waals surface area contributed by atoms with E-state index in [0.29, 0.717) is 43.4 Å². The van der Waals surface area contributed by atoms with Crippen molar-refractivity contribution in [3.8, 4) is 0 Å². The minimum Gasteiger partial charge on any atom is -0.378 e. The number of anilines is 3. The number of carbonyl (C=O) groups excluding carboxylic acids is 2. The van der Waals surface area contributed by atoms with Crippen molar-refractivity contribution in [1.29, 1.82) is 0 Å². The number of amides is 2. The van der Waals surface area contributed by atoms with Crippen LogP contribution in [0.3, 0.4) is 0 Å². The Kier molecular flexibility index (Phi) is 7.41. The van der Waals surface area contributed by atoms with Crippen LogP contribution >= 0.6 is 0 Å². The zero-order chi connectivity index (χ0) is 22.3. The van der Waals surface area contributed by atoms with Gasteiger partial charge in [-0.1, -0.05) is 20.8 Å². The van der Waals surface area contributed by atoms with E-state index in [2.05, 4.69) is 30.8 Å². The summed E-state index contributed by atoms with van der Waals surface area (Å²) in [5.74, 6) is 1.33. The second-order valence-corrected chi connectivity index (χ2v) is 8.33. The van der Waals surface area contributed by atoms with E-state index >= 15 is 0 Å². The van der Waals surface area contributed by atoms with Crippen LogP contribution in [0.15, 0.2) is 36.7 Å². The zero-order valence-electron chi connectivity index (χ0n) is 18.3. The molecule has 0 unspecified atom stereocenters. The molecule has 1 aromatic carbocycles. The lowest BCUT2D eigenvalue weighted by molar-refractivity contribution is -0.123. The molecule has 1 aliphatic heterocycles. The van der Waals surface area contributed by atoms with Crippen LogP contribution in [-0.4, -0.2) is 61.2 Å². The summed E-state index contributed by atoms with van der Waals surface area (Å²) in [6, 6.07) is 8.74. The van der Waals surface area contributed by atoms with E-state index in [-0.39, 0.29) is 11.8 Å². The van der Waals surface area contributed by atoms with Gasteiger partial charge in [-0.2, -0.15) is 0 Å². The molecule has 3 rings (SSSR count). The molecule has 3 N–H and O–H groups in total. The lowest BCUT2D eigenvalue weighted by Gasteiger charge is -2.27. The first-order chi connectivity index (χ1) is 14.8. The van der Waals surface area contributed by atoms with Crippen molar-refractivity contribution in [2.45, 2.75) is 20.8 Å². The van der Waals surface area contributed by atoms with Gasteiger partial charge in [-0.3, -0.25) is 9.59 Å². The summed E-state index contributed by atoms with van der Waals surface area (Å²) in [6.07, 6.45) is 1.53. The normalized spacial score (nSPS) is 14.1. The molecule has 31 heavy (non-hydrogen) atoms. The fourth-order valence-electron chi connectivity index (χ4n) is 2.90. The molecule has 2 amide bonds. The molecule has 0 radical (unpaired) electrons. The summed E-state index contributed by atoms with van der Waals surface area (Å²) in [5.41, 5.74) is 0.721. The Morgan fingerprint density at radius 1 is 1.06 bits per heavy atom. The van der Waals surface area contributed by atoms with Gasteiger partial charge in [-0.05, 0) is 24.3 Å². The summed E-state index contributed by atoms with van der Waals surface area (Å²) >= 11 is 0. The lowest BCUT2D eigenvalue weighted by atomic mass is 9.95. The fraction of sp³-hybridized carbons (Fsp3) is 0.455. The van der Waals surface area contributed by atoms with Gasteiger partial charge in [0, 0.05) is 48.9 Å². The standard InChI is InChI=1S/C22H30N6O3/c1-22(2,3)21(30)27-17-6-4-16(5-7-17)20(29)24-9-8-23-18-14-19(26-15-25-18)28-10-12-31-13-11-28/h4-7,14-15H,8-13H2,1-3H3,(H,24,29)(H,27,30)(H,23,25,26). The van der Waals surface area contributed by atoms with E-state index in [1.807, 2.05) is 26.8 Å². The van der Waals surface area contributed by atoms with Crippen molar-refractivity contribution in [3.63, 3.8) is 0 Å². The van der Waals surface area contributed by atoms with Crippen LogP contribution in [0.5, 0.6) is 0 Å². The van der Waals surface area contributed by atoms with Gasteiger partial charge in [0.1, 0.15) is 18.0 Å². The molecule has 166 valence electrons.